The first kappa shape index (κ1) is 12.5. The minimum absolute atomic E-state index is 0.0693. The third-order valence-electron chi connectivity index (χ3n) is 2.54. The molecule has 0 N–H and O–H groups in total. The highest BCUT2D eigenvalue weighted by Gasteiger charge is 2.20. The standard InChI is InChI=1S/C12H6BrN3O4/c13-10-6-5-9(19-10)12-15-14-11(20-12)7-3-1-2-4-8(7)16(17)18/h1-6H. The third kappa shape index (κ3) is 2.21. The van der Waals surface area contributed by atoms with Crippen molar-refractivity contribution >= 4 is 21.6 Å². The Morgan fingerprint density at radius 3 is 2.50 bits per heavy atom. The van der Waals surface area contributed by atoms with Crippen LogP contribution in [-0.2, 0) is 0 Å². The maximum atomic E-state index is 11.0. The van der Waals surface area contributed by atoms with Crippen molar-refractivity contribution in [3.63, 3.8) is 0 Å². The molecule has 0 saturated heterocycles. The van der Waals surface area contributed by atoms with E-state index in [-0.39, 0.29) is 23.0 Å². The Labute approximate surface area is 120 Å². The molecule has 0 bridgehead atoms. The van der Waals surface area contributed by atoms with Gasteiger partial charge in [-0.05, 0) is 34.1 Å². The minimum Gasteiger partial charge on any atom is -0.444 e. The predicted octanol–water partition coefficient (Wildman–Crippen LogP) is 3.67. The van der Waals surface area contributed by atoms with E-state index in [4.69, 9.17) is 8.83 Å². The summed E-state index contributed by atoms with van der Waals surface area (Å²) < 4.78 is 11.2. The molecule has 0 radical (unpaired) electrons. The zero-order chi connectivity index (χ0) is 14.1. The lowest BCUT2D eigenvalue weighted by atomic mass is 10.2. The summed E-state index contributed by atoms with van der Waals surface area (Å²) in [4.78, 5) is 10.5. The van der Waals surface area contributed by atoms with Crippen LogP contribution in [0.15, 0.2) is 49.9 Å². The first-order chi connectivity index (χ1) is 9.65. The molecule has 3 rings (SSSR count). The van der Waals surface area contributed by atoms with Crippen molar-refractivity contribution in [2.45, 2.75) is 0 Å². The van der Waals surface area contributed by atoms with Crippen LogP contribution in [0.2, 0.25) is 0 Å². The number of halogens is 1. The molecule has 0 fully saturated rings. The second kappa shape index (κ2) is 4.89. The van der Waals surface area contributed by atoms with E-state index in [0.29, 0.717) is 10.4 Å². The number of nitrogens with zero attached hydrogens (tertiary/aromatic N) is 3. The van der Waals surface area contributed by atoms with Gasteiger partial charge < -0.3 is 8.83 Å². The molecule has 3 aromatic rings. The molecule has 0 spiro atoms. The summed E-state index contributed by atoms with van der Waals surface area (Å²) in [6.07, 6.45) is 0. The molecule has 0 amide bonds. The van der Waals surface area contributed by atoms with Gasteiger partial charge in [0.1, 0.15) is 5.56 Å². The van der Waals surface area contributed by atoms with Gasteiger partial charge in [-0.15, -0.1) is 10.2 Å². The van der Waals surface area contributed by atoms with E-state index in [1.807, 2.05) is 0 Å². The zero-order valence-electron chi connectivity index (χ0n) is 9.82. The predicted molar refractivity (Wildman–Crippen MR) is 71.8 cm³/mol. The summed E-state index contributed by atoms with van der Waals surface area (Å²) >= 11 is 3.17. The molecule has 1 aromatic carbocycles. The van der Waals surface area contributed by atoms with Crippen LogP contribution in [0, 0.1) is 10.1 Å². The number of rotatable bonds is 3. The lowest BCUT2D eigenvalue weighted by Crippen LogP contribution is -1.91. The van der Waals surface area contributed by atoms with Crippen LogP contribution in [0.5, 0.6) is 0 Å². The van der Waals surface area contributed by atoms with Crippen LogP contribution >= 0.6 is 15.9 Å². The Bertz CT molecular complexity index is 780. The van der Waals surface area contributed by atoms with Crippen molar-refractivity contribution in [3.8, 4) is 23.1 Å². The van der Waals surface area contributed by atoms with Gasteiger partial charge in [-0.25, -0.2) is 0 Å². The molecule has 20 heavy (non-hydrogen) atoms. The summed E-state index contributed by atoms with van der Waals surface area (Å²) in [5.41, 5.74) is 0.171. The highest BCUT2D eigenvalue weighted by Crippen LogP contribution is 2.31. The number of hydrogen-bond donors (Lipinski definition) is 0. The van der Waals surface area contributed by atoms with E-state index < -0.39 is 4.92 Å². The van der Waals surface area contributed by atoms with E-state index in [9.17, 15) is 10.1 Å². The van der Waals surface area contributed by atoms with E-state index in [2.05, 4.69) is 26.1 Å². The van der Waals surface area contributed by atoms with E-state index >= 15 is 0 Å². The number of aromatic nitrogens is 2. The summed E-state index contributed by atoms with van der Waals surface area (Å²) in [5, 5.41) is 18.6. The van der Waals surface area contributed by atoms with Gasteiger partial charge in [0, 0.05) is 6.07 Å². The molecule has 7 nitrogen and oxygen atoms in total. The van der Waals surface area contributed by atoms with Gasteiger partial charge in [0.15, 0.2) is 10.4 Å². The van der Waals surface area contributed by atoms with Crippen LogP contribution in [0.3, 0.4) is 0 Å². The van der Waals surface area contributed by atoms with Crippen molar-refractivity contribution < 1.29 is 13.8 Å². The second-order valence-corrected chi connectivity index (χ2v) is 4.57. The fourth-order valence-electron chi connectivity index (χ4n) is 1.67. The summed E-state index contributed by atoms with van der Waals surface area (Å²) in [5.74, 6) is 0.609. The van der Waals surface area contributed by atoms with Gasteiger partial charge in [0.2, 0.25) is 0 Å². The molecule has 8 heteroatoms. The lowest BCUT2D eigenvalue weighted by Gasteiger charge is -1.96. The van der Waals surface area contributed by atoms with Gasteiger partial charge in [0.05, 0.1) is 4.92 Å². The number of benzene rings is 1. The third-order valence-corrected chi connectivity index (χ3v) is 2.97. The number of hydrogen-bond acceptors (Lipinski definition) is 6. The molecule has 0 aliphatic rings. The van der Waals surface area contributed by atoms with Crippen LogP contribution < -0.4 is 0 Å². The number of nitro benzene ring substituents is 1. The Morgan fingerprint density at radius 2 is 1.80 bits per heavy atom. The molecule has 2 aromatic heterocycles. The smallest absolute Gasteiger partial charge is 0.283 e. The average Bonchev–Trinajstić information content (AvgIpc) is 3.07. The van der Waals surface area contributed by atoms with Gasteiger partial charge >= 0.3 is 0 Å². The van der Waals surface area contributed by atoms with Crippen molar-refractivity contribution in [1.82, 2.24) is 10.2 Å². The summed E-state index contributed by atoms with van der Waals surface area (Å²) in [6, 6.07) is 9.50. The highest BCUT2D eigenvalue weighted by atomic mass is 79.9. The molecular weight excluding hydrogens is 330 g/mol. The summed E-state index contributed by atoms with van der Waals surface area (Å²) in [6.45, 7) is 0. The molecular formula is C12H6BrN3O4. The molecule has 0 aliphatic carbocycles. The average molecular weight is 336 g/mol. The van der Waals surface area contributed by atoms with Gasteiger partial charge in [0.25, 0.3) is 17.5 Å². The largest absolute Gasteiger partial charge is 0.444 e. The van der Waals surface area contributed by atoms with Gasteiger partial charge in [-0.3, -0.25) is 10.1 Å². The zero-order valence-corrected chi connectivity index (χ0v) is 11.4. The molecule has 0 unspecified atom stereocenters. The van der Waals surface area contributed by atoms with E-state index in [1.54, 1.807) is 30.3 Å². The molecule has 0 aliphatic heterocycles. The fourth-order valence-corrected chi connectivity index (χ4v) is 1.98. The Kier molecular flexibility index (Phi) is 3.07. The van der Waals surface area contributed by atoms with Crippen molar-refractivity contribution in [1.29, 1.82) is 0 Å². The lowest BCUT2D eigenvalue weighted by molar-refractivity contribution is -0.384. The van der Waals surface area contributed by atoms with E-state index in [1.165, 1.54) is 6.07 Å². The molecule has 2 heterocycles. The van der Waals surface area contributed by atoms with Crippen molar-refractivity contribution in [2.24, 2.45) is 0 Å². The van der Waals surface area contributed by atoms with Crippen LogP contribution in [0.1, 0.15) is 0 Å². The summed E-state index contributed by atoms with van der Waals surface area (Å²) in [7, 11) is 0. The minimum atomic E-state index is -0.497. The maximum absolute atomic E-state index is 11.0. The quantitative estimate of drug-likeness (QED) is 0.535. The first-order valence-corrected chi connectivity index (χ1v) is 6.27. The van der Waals surface area contributed by atoms with Crippen molar-refractivity contribution in [2.75, 3.05) is 0 Å². The second-order valence-electron chi connectivity index (χ2n) is 3.79. The van der Waals surface area contributed by atoms with Crippen molar-refractivity contribution in [3.05, 3.63) is 51.2 Å². The van der Waals surface area contributed by atoms with Gasteiger partial charge in [-0.2, -0.15) is 0 Å². The van der Waals surface area contributed by atoms with Crippen LogP contribution in [0.25, 0.3) is 23.1 Å². The fraction of sp³-hybridized carbons (Fsp3) is 0. The molecule has 0 atom stereocenters. The maximum Gasteiger partial charge on any atom is 0.283 e. The normalized spacial score (nSPS) is 10.7. The molecule has 0 saturated carbocycles. The highest BCUT2D eigenvalue weighted by molar-refractivity contribution is 9.10. The Morgan fingerprint density at radius 1 is 1.05 bits per heavy atom. The monoisotopic (exact) mass is 335 g/mol. The Balaban J connectivity index is 2.05. The topological polar surface area (TPSA) is 95.2 Å². The van der Waals surface area contributed by atoms with E-state index in [0.717, 1.165) is 0 Å². The van der Waals surface area contributed by atoms with Crippen LogP contribution in [-0.4, -0.2) is 15.1 Å². The molecule has 100 valence electrons. The number of para-hydroxylation sites is 1. The number of furan rings is 1. The number of nitro groups is 1. The SMILES string of the molecule is O=[N+]([O-])c1ccccc1-c1nnc(-c2ccc(Br)o2)o1. The van der Waals surface area contributed by atoms with Crippen LogP contribution in [0.4, 0.5) is 5.69 Å². The van der Waals surface area contributed by atoms with Gasteiger partial charge in [-0.1, -0.05) is 12.1 Å². The first-order valence-electron chi connectivity index (χ1n) is 5.48. The Hall–Kier alpha value is -2.48.